The van der Waals surface area contributed by atoms with Crippen molar-refractivity contribution in [2.75, 3.05) is 18.9 Å². The summed E-state index contributed by atoms with van der Waals surface area (Å²) in [4.78, 5) is 26.6. The Morgan fingerprint density at radius 3 is 2.52 bits per heavy atom. The molecule has 6 heteroatoms. The first-order chi connectivity index (χ1) is 13.0. The second kappa shape index (κ2) is 7.00. The number of cyclic esters (lactones) is 1. The topological polar surface area (TPSA) is 84.7 Å². The molecule has 1 spiro atoms. The molecule has 3 aliphatic rings. The van der Waals surface area contributed by atoms with E-state index in [1.54, 1.807) is 6.92 Å². The van der Waals surface area contributed by atoms with Gasteiger partial charge in [0.25, 0.3) is 0 Å². The van der Waals surface area contributed by atoms with Gasteiger partial charge in [0.2, 0.25) is 5.91 Å². The number of rotatable bonds is 4. The fourth-order valence-corrected chi connectivity index (χ4v) is 4.56. The van der Waals surface area contributed by atoms with Gasteiger partial charge in [0.15, 0.2) is 0 Å². The maximum Gasteiger partial charge on any atom is 0.336 e. The first-order valence-electron chi connectivity index (χ1n) is 9.75. The largest absolute Gasteiger partial charge is 0.456 e. The first-order valence-corrected chi connectivity index (χ1v) is 9.75. The number of hydrogen-bond acceptors (Lipinski definition) is 5. The Hall–Kier alpha value is -2.34. The van der Waals surface area contributed by atoms with Crippen LogP contribution in [0.5, 0.6) is 0 Å². The number of esters is 1. The SMILES string of the molecule is CC1=C(N2CCC3(CCC(NCc4ccc(N)cc4)CC3)C2=O)COC1=O. The van der Waals surface area contributed by atoms with Crippen molar-refractivity contribution in [2.24, 2.45) is 5.41 Å². The number of nitrogens with zero attached hydrogens (tertiary/aromatic N) is 1. The van der Waals surface area contributed by atoms with Crippen molar-refractivity contribution in [3.05, 3.63) is 41.1 Å². The Balaban J connectivity index is 1.34. The summed E-state index contributed by atoms with van der Waals surface area (Å²) >= 11 is 0. The zero-order valence-electron chi connectivity index (χ0n) is 15.8. The van der Waals surface area contributed by atoms with Crippen LogP contribution in [0.1, 0.15) is 44.6 Å². The van der Waals surface area contributed by atoms with Crippen molar-refractivity contribution < 1.29 is 14.3 Å². The van der Waals surface area contributed by atoms with Crippen LogP contribution in [0.25, 0.3) is 0 Å². The van der Waals surface area contributed by atoms with Gasteiger partial charge in [-0.05, 0) is 56.7 Å². The lowest BCUT2D eigenvalue weighted by Crippen LogP contribution is -2.42. The number of likely N-dealkylation sites (tertiary alicyclic amines) is 1. The molecule has 1 amide bonds. The Morgan fingerprint density at radius 2 is 1.89 bits per heavy atom. The number of benzene rings is 1. The number of nitrogens with one attached hydrogen (secondary N) is 1. The van der Waals surface area contributed by atoms with Crippen LogP contribution in [0, 0.1) is 5.41 Å². The molecule has 1 aromatic carbocycles. The van der Waals surface area contributed by atoms with Crippen LogP contribution < -0.4 is 11.1 Å². The molecular weight excluding hydrogens is 342 g/mol. The molecule has 4 rings (SSSR count). The van der Waals surface area contributed by atoms with E-state index in [1.807, 2.05) is 29.2 Å². The third kappa shape index (κ3) is 3.34. The summed E-state index contributed by atoms with van der Waals surface area (Å²) in [7, 11) is 0. The van der Waals surface area contributed by atoms with Crippen molar-refractivity contribution in [3.8, 4) is 0 Å². The molecule has 2 aliphatic heterocycles. The van der Waals surface area contributed by atoms with E-state index >= 15 is 0 Å². The molecular formula is C21H27N3O3. The number of amides is 1. The zero-order chi connectivity index (χ0) is 19.0. The van der Waals surface area contributed by atoms with E-state index in [0.717, 1.165) is 50.0 Å². The van der Waals surface area contributed by atoms with E-state index in [2.05, 4.69) is 5.32 Å². The fourth-order valence-electron chi connectivity index (χ4n) is 4.56. The molecule has 0 aromatic heterocycles. The van der Waals surface area contributed by atoms with Gasteiger partial charge in [0.05, 0.1) is 16.7 Å². The lowest BCUT2D eigenvalue weighted by molar-refractivity contribution is -0.138. The monoisotopic (exact) mass is 369 g/mol. The standard InChI is InChI=1S/C21H27N3O3/c1-14-18(13-27-19(14)25)24-11-10-21(20(24)26)8-6-17(7-9-21)23-12-15-2-4-16(22)5-3-15/h2-5,17,23H,6-13,22H2,1H3. The van der Waals surface area contributed by atoms with Gasteiger partial charge in [-0.1, -0.05) is 12.1 Å². The highest BCUT2D eigenvalue weighted by Crippen LogP contribution is 2.46. The molecule has 0 bridgehead atoms. The van der Waals surface area contributed by atoms with Crippen LogP contribution in [0.4, 0.5) is 5.69 Å². The Bertz CT molecular complexity index is 776. The van der Waals surface area contributed by atoms with Gasteiger partial charge in [0, 0.05) is 24.8 Å². The number of carbonyl (C=O) groups is 2. The van der Waals surface area contributed by atoms with Crippen LogP contribution >= 0.6 is 0 Å². The van der Waals surface area contributed by atoms with Crippen LogP contribution in [-0.4, -0.2) is 36.0 Å². The molecule has 144 valence electrons. The Morgan fingerprint density at radius 1 is 1.19 bits per heavy atom. The minimum absolute atomic E-state index is 0.187. The molecule has 0 atom stereocenters. The number of carbonyl (C=O) groups excluding carboxylic acids is 2. The maximum absolute atomic E-state index is 13.1. The highest BCUT2D eigenvalue weighted by Gasteiger charge is 2.50. The molecule has 6 nitrogen and oxygen atoms in total. The molecule has 27 heavy (non-hydrogen) atoms. The molecule has 3 N–H and O–H groups in total. The molecule has 1 aromatic rings. The molecule has 1 aliphatic carbocycles. The summed E-state index contributed by atoms with van der Waals surface area (Å²) < 4.78 is 5.09. The Labute approximate surface area is 159 Å². The third-order valence-corrected chi connectivity index (χ3v) is 6.43. The minimum Gasteiger partial charge on any atom is -0.456 e. The van der Waals surface area contributed by atoms with Crippen molar-refractivity contribution in [1.82, 2.24) is 10.2 Å². The summed E-state index contributed by atoms with van der Waals surface area (Å²) in [6, 6.07) is 8.38. The van der Waals surface area contributed by atoms with Gasteiger partial charge in [0.1, 0.15) is 6.61 Å². The normalized spacial score (nSPS) is 28.3. The average Bonchev–Trinajstić information content (AvgIpc) is 3.16. The highest BCUT2D eigenvalue weighted by molar-refractivity contribution is 5.94. The highest BCUT2D eigenvalue weighted by atomic mass is 16.5. The summed E-state index contributed by atoms with van der Waals surface area (Å²) in [5.41, 5.74) is 8.83. The smallest absolute Gasteiger partial charge is 0.336 e. The van der Waals surface area contributed by atoms with Crippen molar-refractivity contribution in [1.29, 1.82) is 0 Å². The van der Waals surface area contributed by atoms with Crippen LogP contribution in [-0.2, 0) is 20.9 Å². The van der Waals surface area contributed by atoms with E-state index in [0.29, 0.717) is 18.2 Å². The van der Waals surface area contributed by atoms with Gasteiger partial charge >= 0.3 is 5.97 Å². The quantitative estimate of drug-likeness (QED) is 0.629. The first kappa shape index (κ1) is 18.0. The van der Waals surface area contributed by atoms with E-state index in [-0.39, 0.29) is 23.9 Å². The predicted octanol–water partition coefficient (Wildman–Crippen LogP) is 2.35. The minimum atomic E-state index is -0.297. The second-order valence-electron chi connectivity index (χ2n) is 8.03. The summed E-state index contributed by atoms with van der Waals surface area (Å²) in [5, 5.41) is 3.62. The molecule has 2 fully saturated rings. The lowest BCUT2D eigenvalue weighted by atomic mass is 9.71. The van der Waals surface area contributed by atoms with Gasteiger partial charge in [-0.2, -0.15) is 0 Å². The van der Waals surface area contributed by atoms with E-state index < -0.39 is 0 Å². The van der Waals surface area contributed by atoms with Crippen molar-refractivity contribution in [2.45, 2.75) is 51.6 Å². The molecule has 0 unspecified atom stereocenters. The molecule has 2 heterocycles. The number of anilines is 1. The number of nitrogen functional groups attached to an aromatic ring is 1. The zero-order valence-corrected chi connectivity index (χ0v) is 15.8. The van der Waals surface area contributed by atoms with Gasteiger partial charge < -0.3 is 20.7 Å². The number of nitrogens with two attached hydrogens (primary N) is 1. The fraction of sp³-hybridized carbons (Fsp3) is 0.524. The van der Waals surface area contributed by atoms with E-state index in [4.69, 9.17) is 10.5 Å². The number of hydrogen-bond donors (Lipinski definition) is 2. The summed E-state index contributed by atoms with van der Waals surface area (Å²) in [6.07, 6.45) is 4.69. The Kier molecular flexibility index (Phi) is 4.68. The van der Waals surface area contributed by atoms with Crippen LogP contribution in [0.15, 0.2) is 35.5 Å². The second-order valence-corrected chi connectivity index (χ2v) is 8.03. The summed E-state index contributed by atoms with van der Waals surface area (Å²) in [6.45, 7) is 3.51. The van der Waals surface area contributed by atoms with Crippen LogP contribution in [0.3, 0.4) is 0 Å². The van der Waals surface area contributed by atoms with E-state index in [1.165, 1.54) is 5.56 Å². The van der Waals surface area contributed by atoms with Crippen molar-refractivity contribution in [3.63, 3.8) is 0 Å². The van der Waals surface area contributed by atoms with Gasteiger partial charge in [-0.25, -0.2) is 4.79 Å². The van der Waals surface area contributed by atoms with Crippen molar-refractivity contribution >= 4 is 17.6 Å². The van der Waals surface area contributed by atoms with E-state index in [9.17, 15) is 9.59 Å². The van der Waals surface area contributed by atoms with Gasteiger partial charge in [-0.3, -0.25) is 4.79 Å². The third-order valence-electron chi connectivity index (χ3n) is 6.43. The molecule has 1 saturated heterocycles. The van der Waals surface area contributed by atoms with Crippen LogP contribution in [0.2, 0.25) is 0 Å². The lowest BCUT2D eigenvalue weighted by Gasteiger charge is -2.36. The number of ether oxygens (including phenoxy) is 1. The molecule has 0 radical (unpaired) electrons. The average molecular weight is 369 g/mol. The summed E-state index contributed by atoms with van der Waals surface area (Å²) in [5.74, 6) is -0.110. The maximum atomic E-state index is 13.1. The predicted molar refractivity (Wildman–Crippen MR) is 102 cm³/mol. The molecule has 1 saturated carbocycles. The van der Waals surface area contributed by atoms with Gasteiger partial charge in [-0.15, -0.1) is 0 Å².